The summed E-state index contributed by atoms with van der Waals surface area (Å²) in [7, 11) is 0. The lowest BCUT2D eigenvalue weighted by Crippen LogP contribution is -1.96. The van der Waals surface area contributed by atoms with Gasteiger partial charge in [-0.1, -0.05) is 10.6 Å². The van der Waals surface area contributed by atoms with Gasteiger partial charge in [0.1, 0.15) is 0 Å². The molecule has 0 fully saturated rings. The highest BCUT2D eigenvalue weighted by molar-refractivity contribution is 7.06. The topological polar surface area (TPSA) is 54.9 Å². The van der Waals surface area contributed by atoms with Crippen molar-refractivity contribution in [3.63, 3.8) is 0 Å². The Kier molecular flexibility index (Phi) is 2.74. The fourth-order valence-corrected chi connectivity index (χ4v) is 1.24. The monoisotopic (exact) mass is 169 g/mol. The number of rotatable bonds is 4. The van der Waals surface area contributed by atoms with E-state index in [1.165, 1.54) is 11.5 Å². The molecule has 1 heterocycles. The lowest BCUT2D eigenvalue weighted by Gasteiger charge is -1.92. The van der Waals surface area contributed by atoms with Gasteiger partial charge < -0.3 is 5.32 Å². The maximum Gasteiger partial charge on any atom is 0.212 e. The minimum Gasteiger partial charge on any atom is -0.311 e. The van der Waals surface area contributed by atoms with Crippen molar-refractivity contribution in [2.24, 2.45) is 0 Å². The summed E-state index contributed by atoms with van der Waals surface area (Å²) in [6.07, 6.45) is 3.02. The molecular formula is C6H7N3OS. The number of nitrogens with one attached hydrogen (secondary N) is 1. The van der Waals surface area contributed by atoms with Gasteiger partial charge in [-0.25, -0.2) is 0 Å². The van der Waals surface area contributed by atoms with E-state index in [2.05, 4.69) is 21.5 Å². The number of amides is 1. The highest BCUT2D eigenvalue weighted by atomic mass is 32.1. The predicted molar refractivity (Wildman–Crippen MR) is 43.5 cm³/mol. The third-order valence-electron chi connectivity index (χ3n) is 1.08. The van der Waals surface area contributed by atoms with E-state index in [0.29, 0.717) is 18.6 Å². The summed E-state index contributed by atoms with van der Waals surface area (Å²) in [5.74, 6) is 0.532. The molecule has 1 amide bonds. The Hall–Kier alpha value is -1.23. The number of nitrogens with zero attached hydrogens (tertiary/aromatic N) is 2. The first kappa shape index (κ1) is 7.87. The molecule has 0 bridgehead atoms. The molecule has 0 unspecified atom stereocenters. The van der Waals surface area contributed by atoms with Crippen LogP contribution in [0.25, 0.3) is 0 Å². The van der Waals surface area contributed by atoms with Crippen LogP contribution in [0.15, 0.2) is 12.7 Å². The Labute approximate surface area is 68.1 Å². The summed E-state index contributed by atoms with van der Waals surface area (Å²) in [6.45, 7) is 3.57. The van der Waals surface area contributed by atoms with Gasteiger partial charge in [0.05, 0.1) is 4.88 Å². The molecule has 0 aliphatic heterocycles. The van der Waals surface area contributed by atoms with Gasteiger partial charge in [-0.2, -0.15) is 0 Å². The Morgan fingerprint density at radius 1 is 1.73 bits per heavy atom. The second kappa shape index (κ2) is 3.82. The second-order valence-electron chi connectivity index (χ2n) is 1.80. The van der Waals surface area contributed by atoms with Gasteiger partial charge in [0, 0.05) is 6.42 Å². The van der Waals surface area contributed by atoms with Crippen LogP contribution < -0.4 is 5.32 Å². The Morgan fingerprint density at radius 3 is 3.18 bits per heavy atom. The van der Waals surface area contributed by atoms with E-state index in [1.54, 1.807) is 6.08 Å². The number of anilines is 1. The Balaban J connectivity index is 2.76. The molecule has 58 valence electrons. The highest BCUT2D eigenvalue weighted by Gasteiger charge is 2.03. The van der Waals surface area contributed by atoms with Crippen molar-refractivity contribution in [3.05, 3.63) is 17.5 Å². The number of hydrogen-bond acceptors (Lipinski definition) is 4. The first-order valence-corrected chi connectivity index (χ1v) is 3.78. The first-order valence-electron chi connectivity index (χ1n) is 3.00. The van der Waals surface area contributed by atoms with E-state index in [9.17, 15) is 4.79 Å². The molecule has 0 saturated carbocycles. The molecule has 1 rings (SSSR count). The standard InChI is InChI=1S/C6H7N3OS/c1-2-3-5-6(7-4-10)8-9-11-5/h2,4H,1,3H2,(H,7,10). The van der Waals surface area contributed by atoms with E-state index < -0.39 is 0 Å². The van der Waals surface area contributed by atoms with Gasteiger partial charge >= 0.3 is 0 Å². The SMILES string of the molecule is C=CCc1snnc1NC=O. The van der Waals surface area contributed by atoms with Crippen molar-refractivity contribution in [3.8, 4) is 0 Å². The maximum atomic E-state index is 10.0. The van der Waals surface area contributed by atoms with Crippen LogP contribution in [0.2, 0.25) is 0 Å². The number of carbonyl (C=O) groups is 1. The molecular weight excluding hydrogens is 162 g/mol. The average Bonchev–Trinajstić information content (AvgIpc) is 2.39. The van der Waals surface area contributed by atoms with E-state index >= 15 is 0 Å². The lowest BCUT2D eigenvalue weighted by atomic mass is 10.3. The summed E-state index contributed by atoms with van der Waals surface area (Å²) < 4.78 is 3.68. The zero-order valence-electron chi connectivity index (χ0n) is 5.78. The van der Waals surface area contributed by atoms with Gasteiger partial charge in [0.2, 0.25) is 6.41 Å². The molecule has 0 aromatic carbocycles. The summed E-state index contributed by atoms with van der Waals surface area (Å²) in [6, 6.07) is 0. The predicted octanol–water partition coefficient (Wildman–Crippen LogP) is 0.835. The number of allylic oxidation sites excluding steroid dienone is 1. The van der Waals surface area contributed by atoms with Crippen LogP contribution in [-0.4, -0.2) is 16.0 Å². The number of carbonyl (C=O) groups excluding carboxylic acids is 1. The van der Waals surface area contributed by atoms with Gasteiger partial charge in [-0.3, -0.25) is 4.79 Å². The molecule has 11 heavy (non-hydrogen) atoms. The van der Waals surface area contributed by atoms with Crippen LogP contribution in [0.3, 0.4) is 0 Å². The van der Waals surface area contributed by atoms with E-state index in [1.807, 2.05) is 0 Å². The molecule has 0 aliphatic rings. The molecule has 4 nitrogen and oxygen atoms in total. The molecule has 1 aromatic rings. The van der Waals surface area contributed by atoms with Crippen molar-refractivity contribution in [1.29, 1.82) is 0 Å². The summed E-state index contributed by atoms with van der Waals surface area (Å²) in [5.41, 5.74) is 0. The third-order valence-corrected chi connectivity index (χ3v) is 1.83. The fraction of sp³-hybridized carbons (Fsp3) is 0.167. The third kappa shape index (κ3) is 1.84. The number of hydrogen-bond donors (Lipinski definition) is 1. The van der Waals surface area contributed by atoms with Crippen molar-refractivity contribution in [2.75, 3.05) is 5.32 Å². The average molecular weight is 169 g/mol. The molecule has 0 atom stereocenters. The zero-order chi connectivity index (χ0) is 8.10. The van der Waals surface area contributed by atoms with Crippen LogP contribution in [0.4, 0.5) is 5.82 Å². The first-order chi connectivity index (χ1) is 5.38. The summed E-state index contributed by atoms with van der Waals surface area (Å²) in [4.78, 5) is 11.0. The van der Waals surface area contributed by atoms with Gasteiger partial charge in [-0.15, -0.1) is 11.7 Å². The van der Waals surface area contributed by atoms with Crippen LogP contribution in [0.1, 0.15) is 4.88 Å². The van der Waals surface area contributed by atoms with Crippen LogP contribution in [-0.2, 0) is 11.2 Å². The summed E-state index contributed by atoms with van der Waals surface area (Å²) >= 11 is 1.26. The number of aromatic nitrogens is 2. The van der Waals surface area contributed by atoms with Crippen molar-refractivity contribution >= 4 is 23.8 Å². The molecule has 1 aromatic heterocycles. The zero-order valence-corrected chi connectivity index (χ0v) is 6.60. The van der Waals surface area contributed by atoms with Crippen molar-refractivity contribution in [2.45, 2.75) is 6.42 Å². The van der Waals surface area contributed by atoms with Crippen LogP contribution in [0.5, 0.6) is 0 Å². The van der Waals surface area contributed by atoms with E-state index in [-0.39, 0.29) is 0 Å². The van der Waals surface area contributed by atoms with Crippen LogP contribution in [0, 0.1) is 0 Å². The Morgan fingerprint density at radius 2 is 2.55 bits per heavy atom. The second-order valence-corrected chi connectivity index (χ2v) is 2.64. The highest BCUT2D eigenvalue weighted by Crippen LogP contribution is 2.15. The van der Waals surface area contributed by atoms with Gasteiger partial charge in [0.25, 0.3) is 0 Å². The fourth-order valence-electron chi connectivity index (χ4n) is 0.640. The van der Waals surface area contributed by atoms with Crippen molar-refractivity contribution in [1.82, 2.24) is 9.59 Å². The molecule has 0 aliphatic carbocycles. The maximum absolute atomic E-state index is 10.0. The lowest BCUT2D eigenvalue weighted by molar-refractivity contribution is -0.105. The van der Waals surface area contributed by atoms with Gasteiger partial charge in [-0.05, 0) is 11.5 Å². The minimum atomic E-state index is 0.532. The smallest absolute Gasteiger partial charge is 0.212 e. The quantitative estimate of drug-likeness (QED) is 0.536. The van der Waals surface area contributed by atoms with Crippen LogP contribution >= 0.6 is 11.5 Å². The summed E-state index contributed by atoms with van der Waals surface area (Å²) in [5, 5.41) is 6.15. The molecule has 0 saturated heterocycles. The van der Waals surface area contributed by atoms with E-state index in [0.717, 1.165) is 4.88 Å². The molecule has 1 N–H and O–H groups in total. The largest absolute Gasteiger partial charge is 0.311 e. The normalized spacial score (nSPS) is 9.09. The minimum absolute atomic E-state index is 0.532. The molecule has 0 spiro atoms. The Bertz CT molecular complexity index is 234. The molecule has 0 radical (unpaired) electrons. The van der Waals surface area contributed by atoms with Crippen molar-refractivity contribution < 1.29 is 4.79 Å². The van der Waals surface area contributed by atoms with E-state index in [4.69, 9.17) is 0 Å². The molecule has 5 heteroatoms. The van der Waals surface area contributed by atoms with Gasteiger partial charge in [0.15, 0.2) is 5.82 Å².